The van der Waals surface area contributed by atoms with Crippen molar-refractivity contribution >= 4 is 21.8 Å². The largest absolute Gasteiger partial charge is 0.388 e. The number of amides is 1. The van der Waals surface area contributed by atoms with Crippen LogP contribution in [-0.2, 0) is 16.1 Å². The second kappa shape index (κ2) is 6.87. The maximum Gasteiger partial charge on any atom is 0.248 e. The van der Waals surface area contributed by atoms with E-state index < -0.39 is 6.10 Å². The lowest BCUT2D eigenvalue weighted by Gasteiger charge is -2.18. The smallest absolute Gasteiger partial charge is 0.248 e. The summed E-state index contributed by atoms with van der Waals surface area (Å²) in [5, 5.41) is 11.2. The molecule has 0 aliphatic carbocycles. The number of benzene rings is 1. The highest BCUT2D eigenvalue weighted by Crippen LogP contribution is 2.25. The van der Waals surface area contributed by atoms with E-state index in [1.807, 2.05) is 25.1 Å². The fourth-order valence-corrected chi connectivity index (χ4v) is 2.12. The maximum absolute atomic E-state index is 11.7. The molecule has 1 unspecified atom stereocenters. The van der Waals surface area contributed by atoms with Crippen molar-refractivity contribution in [3.05, 3.63) is 33.8 Å². The number of nitrogens with zero attached hydrogens (tertiary/aromatic N) is 1. The Hall–Kier alpha value is -0.910. The van der Waals surface area contributed by atoms with E-state index in [0.717, 1.165) is 27.1 Å². The Balaban J connectivity index is 2.84. The molecule has 0 saturated heterocycles. The van der Waals surface area contributed by atoms with Crippen molar-refractivity contribution in [2.75, 3.05) is 14.2 Å². The molecule has 4 nitrogen and oxygen atoms in total. The molecule has 1 atom stereocenters. The van der Waals surface area contributed by atoms with Crippen molar-refractivity contribution in [2.24, 2.45) is 0 Å². The van der Waals surface area contributed by atoms with Crippen LogP contribution < -0.4 is 0 Å². The number of hydrogen-bond donors (Lipinski definition) is 1. The van der Waals surface area contributed by atoms with Crippen molar-refractivity contribution < 1.29 is 14.7 Å². The molecule has 0 spiro atoms. The van der Waals surface area contributed by atoms with Gasteiger partial charge in [0.25, 0.3) is 0 Å². The summed E-state index contributed by atoms with van der Waals surface area (Å²) >= 11 is 3.39. The van der Waals surface area contributed by atoms with Gasteiger partial charge in [0.15, 0.2) is 0 Å². The predicted molar refractivity (Wildman–Crippen MR) is 72.9 cm³/mol. The first kappa shape index (κ1) is 15.1. The van der Waals surface area contributed by atoms with Gasteiger partial charge in [0.1, 0.15) is 0 Å². The van der Waals surface area contributed by atoms with E-state index in [0.29, 0.717) is 0 Å². The van der Waals surface area contributed by atoms with E-state index in [2.05, 4.69) is 15.9 Å². The summed E-state index contributed by atoms with van der Waals surface area (Å²) in [6, 6.07) is 5.67. The Kier molecular flexibility index (Phi) is 5.78. The summed E-state index contributed by atoms with van der Waals surface area (Å²) in [7, 11) is 2.94. The monoisotopic (exact) mass is 315 g/mol. The van der Waals surface area contributed by atoms with Crippen molar-refractivity contribution in [1.82, 2.24) is 5.06 Å². The van der Waals surface area contributed by atoms with Crippen LogP contribution in [0.3, 0.4) is 0 Å². The third-order valence-corrected chi connectivity index (χ3v) is 3.33. The number of halogens is 1. The summed E-state index contributed by atoms with van der Waals surface area (Å²) in [5.41, 5.74) is 1.82. The average Bonchev–Trinajstić information content (AvgIpc) is 2.37. The van der Waals surface area contributed by atoms with E-state index >= 15 is 0 Å². The van der Waals surface area contributed by atoms with E-state index in [9.17, 15) is 9.90 Å². The van der Waals surface area contributed by atoms with E-state index in [1.165, 1.54) is 14.2 Å². The van der Waals surface area contributed by atoms with Crippen LogP contribution in [0, 0.1) is 0 Å². The van der Waals surface area contributed by atoms with Gasteiger partial charge in [0.2, 0.25) is 5.91 Å². The van der Waals surface area contributed by atoms with Crippen LogP contribution in [0.25, 0.3) is 0 Å². The molecule has 0 saturated carbocycles. The summed E-state index contributed by atoms with van der Waals surface area (Å²) in [6.07, 6.45) is 0.0113. The molecule has 0 aromatic heterocycles. The quantitative estimate of drug-likeness (QED) is 0.849. The molecule has 0 bridgehead atoms. The minimum atomic E-state index is -0.807. The Morgan fingerprint density at radius 1 is 1.56 bits per heavy atom. The summed E-state index contributed by atoms with van der Waals surface area (Å²) in [4.78, 5) is 16.4. The van der Waals surface area contributed by atoms with Gasteiger partial charge in [-0.3, -0.25) is 9.63 Å². The van der Waals surface area contributed by atoms with E-state index in [1.54, 1.807) is 0 Å². The van der Waals surface area contributed by atoms with Crippen molar-refractivity contribution in [3.8, 4) is 0 Å². The molecule has 0 radical (unpaired) electrons. The minimum absolute atomic E-state index is 0.0129. The second-order valence-corrected chi connectivity index (χ2v) is 4.91. The fourth-order valence-electron chi connectivity index (χ4n) is 1.71. The first-order valence-corrected chi connectivity index (χ1v) is 6.56. The van der Waals surface area contributed by atoms with Crippen LogP contribution >= 0.6 is 15.9 Å². The number of aryl methyl sites for hydroxylation is 1. The van der Waals surface area contributed by atoms with Crippen LogP contribution in [0.4, 0.5) is 0 Å². The molecule has 0 heterocycles. The molecule has 1 aromatic carbocycles. The third kappa shape index (κ3) is 3.80. The maximum atomic E-state index is 11.7. The summed E-state index contributed by atoms with van der Waals surface area (Å²) < 4.78 is 0.968. The Bertz CT molecular complexity index is 423. The third-order valence-electron chi connectivity index (χ3n) is 2.84. The van der Waals surface area contributed by atoms with Gasteiger partial charge in [-0.2, -0.15) is 0 Å². The van der Waals surface area contributed by atoms with Gasteiger partial charge in [-0.1, -0.05) is 28.9 Å². The molecule has 5 heteroatoms. The fraction of sp³-hybridized carbons (Fsp3) is 0.462. The van der Waals surface area contributed by atoms with Gasteiger partial charge in [-0.05, 0) is 29.7 Å². The zero-order valence-electron chi connectivity index (χ0n) is 10.8. The molecule has 1 N–H and O–H groups in total. The van der Waals surface area contributed by atoms with Gasteiger partial charge in [0.05, 0.1) is 19.6 Å². The van der Waals surface area contributed by atoms with Crippen LogP contribution in [-0.4, -0.2) is 30.2 Å². The Morgan fingerprint density at radius 2 is 2.22 bits per heavy atom. The first-order valence-electron chi connectivity index (χ1n) is 5.76. The normalized spacial score (nSPS) is 12.3. The highest BCUT2D eigenvalue weighted by atomic mass is 79.9. The van der Waals surface area contributed by atoms with Gasteiger partial charge in [-0.25, -0.2) is 5.06 Å². The molecular formula is C13H18BrNO3. The molecule has 100 valence electrons. The van der Waals surface area contributed by atoms with Gasteiger partial charge in [-0.15, -0.1) is 0 Å². The van der Waals surface area contributed by atoms with E-state index in [4.69, 9.17) is 4.84 Å². The molecule has 1 aromatic rings. The highest BCUT2D eigenvalue weighted by Gasteiger charge is 2.18. The van der Waals surface area contributed by atoms with Crippen molar-refractivity contribution in [3.63, 3.8) is 0 Å². The zero-order chi connectivity index (χ0) is 13.7. The number of carbonyl (C=O) groups excluding carboxylic acids is 1. The standard InChI is InChI=1S/C13H18BrNO3/c1-4-9-7-10(14)5-6-11(9)12(16)8-13(17)15(2)18-3/h5-7,12,16H,4,8H2,1-3H3. The Morgan fingerprint density at radius 3 is 2.78 bits per heavy atom. The molecule has 0 aliphatic rings. The van der Waals surface area contributed by atoms with Crippen LogP contribution in [0.15, 0.2) is 22.7 Å². The van der Waals surface area contributed by atoms with Crippen LogP contribution in [0.5, 0.6) is 0 Å². The lowest BCUT2D eigenvalue weighted by atomic mass is 9.98. The number of carbonyl (C=O) groups is 1. The first-order chi connectivity index (χ1) is 8.49. The van der Waals surface area contributed by atoms with Crippen LogP contribution in [0.2, 0.25) is 0 Å². The second-order valence-electron chi connectivity index (χ2n) is 3.99. The minimum Gasteiger partial charge on any atom is -0.388 e. The molecule has 0 aliphatic heterocycles. The van der Waals surface area contributed by atoms with Gasteiger partial charge >= 0.3 is 0 Å². The number of hydroxylamine groups is 2. The zero-order valence-corrected chi connectivity index (χ0v) is 12.4. The molecule has 0 fully saturated rings. The number of aliphatic hydroxyl groups is 1. The number of aliphatic hydroxyl groups excluding tert-OH is 1. The van der Waals surface area contributed by atoms with Crippen molar-refractivity contribution in [2.45, 2.75) is 25.9 Å². The van der Waals surface area contributed by atoms with E-state index in [-0.39, 0.29) is 12.3 Å². The molecule has 18 heavy (non-hydrogen) atoms. The molecular weight excluding hydrogens is 298 g/mol. The van der Waals surface area contributed by atoms with Crippen LogP contribution in [0.1, 0.15) is 30.6 Å². The summed E-state index contributed by atoms with van der Waals surface area (Å²) in [5.74, 6) is -0.255. The highest BCUT2D eigenvalue weighted by molar-refractivity contribution is 9.10. The Labute approximate surface area is 116 Å². The topological polar surface area (TPSA) is 49.8 Å². The number of hydrogen-bond acceptors (Lipinski definition) is 3. The average molecular weight is 316 g/mol. The van der Waals surface area contributed by atoms with Gasteiger partial charge in [0, 0.05) is 11.5 Å². The predicted octanol–water partition coefficient (Wildman–Crippen LogP) is 2.45. The number of rotatable bonds is 5. The van der Waals surface area contributed by atoms with Crippen molar-refractivity contribution in [1.29, 1.82) is 0 Å². The molecule has 1 rings (SSSR count). The molecule has 1 amide bonds. The van der Waals surface area contributed by atoms with Gasteiger partial charge < -0.3 is 5.11 Å². The lowest BCUT2D eigenvalue weighted by molar-refractivity contribution is -0.170. The lowest BCUT2D eigenvalue weighted by Crippen LogP contribution is -2.27. The SMILES string of the molecule is CCc1cc(Br)ccc1C(O)CC(=O)N(C)OC. The summed E-state index contributed by atoms with van der Waals surface area (Å²) in [6.45, 7) is 2.01.